The van der Waals surface area contributed by atoms with Crippen molar-refractivity contribution in [2.45, 2.75) is 38.1 Å². The van der Waals surface area contributed by atoms with E-state index in [4.69, 9.17) is 5.73 Å². The summed E-state index contributed by atoms with van der Waals surface area (Å²) < 4.78 is 0. The molecule has 2 heterocycles. The second kappa shape index (κ2) is 6.31. The lowest BCUT2D eigenvalue weighted by Crippen LogP contribution is -2.38. The van der Waals surface area contributed by atoms with Crippen molar-refractivity contribution < 1.29 is 4.79 Å². The number of likely N-dealkylation sites (tertiary alicyclic amines) is 1. The van der Waals surface area contributed by atoms with Gasteiger partial charge in [0.05, 0.1) is 6.04 Å². The van der Waals surface area contributed by atoms with Gasteiger partial charge in [-0.05, 0) is 49.7 Å². The number of rotatable bonds is 4. The van der Waals surface area contributed by atoms with Gasteiger partial charge in [-0.15, -0.1) is 0 Å². The van der Waals surface area contributed by atoms with Crippen molar-refractivity contribution in [2.24, 2.45) is 5.73 Å². The topological polar surface area (TPSA) is 62.1 Å². The van der Waals surface area contributed by atoms with E-state index in [1.54, 1.807) is 0 Å². The molecular formula is C17H23N3O. The Morgan fingerprint density at radius 2 is 2.19 bits per heavy atom. The lowest BCUT2D eigenvalue weighted by Gasteiger charge is -2.35. The van der Waals surface area contributed by atoms with E-state index in [0.29, 0.717) is 13.0 Å². The summed E-state index contributed by atoms with van der Waals surface area (Å²) in [5, 5.41) is 1.22. The summed E-state index contributed by atoms with van der Waals surface area (Å²) in [5.41, 5.74) is 7.84. The Kier molecular flexibility index (Phi) is 4.25. The van der Waals surface area contributed by atoms with E-state index >= 15 is 0 Å². The van der Waals surface area contributed by atoms with Crippen molar-refractivity contribution >= 4 is 16.8 Å². The minimum atomic E-state index is 0.191. The third kappa shape index (κ3) is 2.95. The molecule has 21 heavy (non-hydrogen) atoms. The molecule has 3 N–H and O–H groups in total. The molecule has 4 nitrogen and oxygen atoms in total. The lowest BCUT2D eigenvalue weighted by atomic mass is 9.98. The predicted octanol–water partition coefficient (Wildman–Crippen LogP) is 2.96. The number of amides is 1. The molecular weight excluding hydrogens is 262 g/mol. The average molecular weight is 285 g/mol. The highest BCUT2D eigenvalue weighted by Crippen LogP contribution is 2.32. The second-order valence-corrected chi connectivity index (χ2v) is 5.80. The van der Waals surface area contributed by atoms with E-state index in [0.717, 1.165) is 37.0 Å². The number of para-hydroxylation sites is 1. The van der Waals surface area contributed by atoms with Crippen molar-refractivity contribution in [3.8, 4) is 0 Å². The van der Waals surface area contributed by atoms with Crippen molar-refractivity contribution in [1.82, 2.24) is 9.88 Å². The van der Waals surface area contributed by atoms with Crippen LogP contribution in [0.25, 0.3) is 10.9 Å². The van der Waals surface area contributed by atoms with Gasteiger partial charge in [0.25, 0.3) is 0 Å². The van der Waals surface area contributed by atoms with Crippen LogP contribution in [0.3, 0.4) is 0 Å². The molecule has 1 aliphatic rings. The Morgan fingerprint density at radius 1 is 1.33 bits per heavy atom. The first-order valence-corrected chi connectivity index (χ1v) is 7.87. The Labute approximate surface area is 125 Å². The Hall–Kier alpha value is -1.81. The molecule has 1 aromatic carbocycles. The number of aromatic amines is 1. The van der Waals surface area contributed by atoms with Gasteiger partial charge in [-0.25, -0.2) is 0 Å². The highest BCUT2D eigenvalue weighted by Gasteiger charge is 2.28. The molecule has 1 aliphatic heterocycles. The molecule has 0 bridgehead atoms. The maximum Gasteiger partial charge on any atom is 0.223 e. The minimum absolute atomic E-state index is 0.191. The molecule has 1 aromatic heterocycles. The Bertz CT molecular complexity index is 586. The van der Waals surface area contributed by atoms with Crippen LogP contribution in [0.4, 0.5) is 0 Å². The summed E-state index contributed by atoms with van der Waals surface area (Å²) in [6.07, 6.45) is 4.66. The Morgan fingerprint density at radius 3 is 3.00 bits per heavy atom. The molecule has 3 rings (SSSR count). The van der Waals surface area contributed by atoms with Gasteiger partial charge in [0.15, 0.2) is 0 Å². The molecule has 1 saturated heterocycles. The van der Waals surface area contributed by atoms with Crippen molar-refractivity contribution in [1.29, 1.82) is 0 Å². The molecule has 2 aromatic rings. The smallest absolute Gasteiger partial charge is 0.223 e. The van der Waals surface area contributed by atoms with Gasteiger partial charge < -0.3 is 15.6 Å². The van der Waals surface area contributed by atoms with Gasteiger partial charge in [0.1, 0.15) is 0 Å². The fraction of sp³-hybridized carbons (Fsp3) is 0.471. The van der Waals surface area contributed by atoms with Crippen LogP contribution < -0.4 is 5.73 Å². The van der Waals surface area contributed by atoms with E-state index in [2.05, 4.69) is 23.2 Å². The third-order valence-corrected chi connectivity index (χ3v) is 4.33. The summed E-state index contributed by atoms with van der Waals surface area (Å²) >= 11 is 0. The third-order valence-electron chi connectivity index (χ3n) is 4.33. The highest BCUT2D eigenvalue weighted by molar-refractivity contribution is 5.81. The number of hydrogen-bond acceptors (Lipinski definition) is 2. The molecule has 1 unspecified atom stereocenters. The number of aromatic nitrogens is 1. The van der Waals surface area contributed by atoms with Gasteiger partial charge in [0, 0.05) is 24.2 Å². The number of nitrogens with zero attached hydrogens (tertiary/aromatic N) is 1. The quantitative estimate of drug-likeness (QED) is 0.907. The zero-order chi connectivity index (χ0) is 14.7. The number of carbonyl (C=O) groups excluding carboxylic acids is 1. The average Bonchev–Trinajstić information content (AvgIpc) is 2.96. The van der Waals surface area contributed by atoms with Crippen LogP contribution in [-0.4, -0.2) is 28.9 Å². The summed E-state index contributed by atoms with van der Waals surface area (Å²) in [6.45, 7) is 1.44. The molecule has 1 atom stereocenters. The molecule has 4 heteroatoms. The summed E-state index contributed by atoms with van der Waals surface area (Å²) in [7, 11) is 0. The first-order valence-electron chi connectivity index (χ1n) is 7.87. The number of hydrogen-bond donors (Lipinski definition) is 2. The van der Waals surface area contributed by atoms with Gasteiger partial charge in [-0.1, -0.05) is 18.2 Å². The van der Waals surface area contributed by atoms with Crippen LogP contribution in [-0.2, 0) is 4.79 Å². The summed E-state index contributed by atoms with van der Waals surface area (Å²) in [5.74, 6) is 0.240. The number of carbonyl (C=O) groups is 1. The standard InChI is InChI=1S/C17H23N3O/c18-10-5-9-17(21)20-11-4-3-8-16(20)15-12-13-6-1-2-7-14(13)19-15/h1-2,6-7,12,16,19H,3-5,8-11,18H2. The molecule has 0 aliphatic carbocycles. The van der Waals surface area contributed by atoms with Crippen LogP contribution in [0.1, 0.15) is 43.8 Å². The number of nitrogens with one attached hydrogen (secondary N) is 1. The number of nitrogens with two attached hydrogens (primary N) is 1. The highest BCUT2D eigenvalue weighted by atomic mass is 16.2. The molecule has 112 valence electrons. The van der Waals surface area contributed by atoms with E-state index in [1.807, 2.05) is 17.0 Å². The molecule has 1 amide bonds. The lowest BCUT2D eigenvalue weighted by molar-refractivity contribution is -0.135. The second-order valence-electron chi connectivity index (χ2n) is 5.80. The normalized spacial score (nSPS) is 19.1. The number of benzene rings is 1. The van der Waals surface area contributed by atoms with Crippen molar-refractivity contribution in [3.05, 3.63) is 36.0 Å². The first kappa shape index (κ1) is 14.1. The largest absolute Gasteiger partial charge is 0.357 e. The van der Waals surface area contributed by atoms with Crippen LogP contribution in [0, 0.1) is 0 Å². The maximum atomic E-state index is 12.4. The Balaban J connectivity index is 1.84. The monoisotopic (exact) mass is 285 g/mol. The van der Waals surface area contributed by atoms with E-state index < -0.39 is 0 Å². The molecule has 1 fully saturated rings. The van der Waals surface area contributed by atoms with Gasteiger partial charge in [-0.2, -0.15) is 0 Å². The van der Waals surface area contributed by atoms with E-state index in [1.165, 1.54) is 11.8 Å². The van der Waals surface area contributed by atoms with Crippen LogP contribution in [0.15, 0.2) is 30.3 Å². The van der Waals surface area contributed by atoms with Gasteiger partial charge in [-0.3, -0.25) is 4.79 Å². The zero-order valence-corrected chi connectivity index (χ0v) is 12.3. The van der Waals surface area contributed by atoms with Crippen LogP contribution in [0.2, 0.25) is 0 Å². The number of H-pyrrole nitrogens is 1. The van der Waals surface area contributed by atoms with Gasteiger partial charge >= 0.3 is 0 Å². The molecule has 0 radical (unpaired) electrons. The van der Waals surface area contributed by atoms with Gasteiger partial charge in [0.2, 0.25) is 5.91 Å². The fourth-order valence-corrected chi connectivity index (χ4v) is 3.23. The van der Waals surface area contributed by atoms with Crippen LogP contribution in [0.5, 0.6) is 0 Å². The van der Waals surface area contributed by atoms with E-state index in [-0.39, 0.29) is 11.9 Å². The molecule has 0 spiro atoms. The van der Waals surface area contributed by atoms with Crippen molar-refractivity contribution in [3.63, 3.8) is 0 Å². The first-order chi connectivity index (χ1) is 10.3. The fourth-order valence-electron chi connectivity index (χ4n) is 3.23. The summed E-state index contributed by atoms with van der Waals surface area (Å²) in [4.78, 5) is 17.9. The number of piperidine rings is 1. The maximum absolute atomic E-state index is 12.4. The minimum Gasteiger partial charge on any atom is -0.357 e. The number of fused-ring (bicyclic) bond motifs is 1. The van der Waals surface area contributed by atoms with Crippen LogP contribution >= 0.6 is 0 Å². The summed E-state index contributed by atoms with van der Waals surface area (Å²) in [6, 6.07) is 10.7. The zero-order valence-electron chi connectivity index (χ0n) is 12.3. The van der Waals surface area contributed by atoms with Crippen molar-refractivity contribution in [2.75, 3.05) is 13.1 Å². The predicted molar refractivity (Wildman–Crippen MR) is 84.9 cm³/mol. The SMILES string of the molecule is NCCCC(=O)N1CCCCC1c1cc2ccccc2[nH]1. The van der Waals surface area contributed by atoms with E-state index in [9.17, 15) is 4.79 Å². The molecule has 0 saturated carbocycles.